The van der Waals surface area contributed by atoms with Crippen molar-refractivity contribution in [2.24, 2.45) is 5.73 Å². The van der Waals surface area contributed by atoms with E-state index in [-0.39, 0.29) is 11.9 Å². The molecular formula is C13H20BrN3O. The Balaban J connectivity index is 2.80. The number of carbonyl (C=O) groups is 1. The highest BCUT2D eigenvalue weighted by Gasteiger charge is 2.11. The molecule has 0 saturated carbocycles. The van der Waals surface area contributed by atoms with Gasteiger partial charge < -0.3 is 16.0 Å². The number of anilines is 1. The summed E-state index contributed by atoms with van der Waals surface area (Å²) < 4.78 is 0.978. The maximum Gasteiger partial charge on any atom is 0.239 e. The van der Waals surface area contributed by atoms with Crippen LogP contribution in [0.4, 0.5) is 5.69 Å². The molecule has 0 spiro atoms. The average Bonchev–Trinajstić information content (AvgIpc) is 2.27. The lowest BCUT2D eigenvalue weighted by Crippen LogP contribution is -2.38. The van der Waals surface area contributed by atoms with Crippen molar-refractivity contribution in [3.05, 3.63) is 28.2 Å². The van der Waals surface area contributed by atoms with Crippen LogP contribution in [0.5, 0.6) is 0 Å². The maximum absolute atomic E-state index is 11.7. The minimum atomic E-state index is 0.00967. The number of hydrogen-bond acceptors (Lipinski definition) is 3. The summed E-state index contributed by atoms with van der Waals surface area (Å²) in [4.78, 5) is 13.6. The molecule has 1 aromatic rings. The molecule has 0 heterocycles. The predicted octanol–water partition coefficient (Wildman–Crippen LogP) is 1.87. The molecule has 0 atom stereocenters. The van der Waals surface area contributed by atoms with Crippen LogP contribution in [0.2, 0.25) is 0 Å². The van der Waals surface area contributed by atoms with Crippen LogP contribution in [0.25, 0.3) is 0 Å². The minimum Gasteiger partial charge on any atom is -0.365 e. The minimum absolute atomic E-state index is 0.00967. The molecule has 1 rings (SSSR count). The van der Waals surface area contributed by atoms with Crippen molar-refractivity contribution in [1.82, 2.24) is 5.32 Å². The predicted molar refractivity (Wildman–Crippen MR) is 78.6 cm³/mol. The van der Waals surface area contributed by atoms with Gasteiger partial charge >= 0.3 is 0 Å². The summed E-state index contributed by atoms with van der Waals surface area (Å²) in [6, 6.07) is 6.05. The number of nitrogens with two attached hydrogens (primary N) is 1. The Morgan fingerprint density at radius 1 is 1.50 bits per heavy atom. The van der Waals surface area contributed by atoms with Gasteiger partial charge in [0.1, 0.15) is 0 Å². The van der Waals surface area contributed by atoms with Crippen LogP contribution in [-0.2, 0) is 11.3 Å². The van der Waals surface area contributed by atoms with Gasteiger partial charge in [0, 0.05) is 29.8 Å². The van der Waals surface area contributed by atoms with E-state index in [1.807, 2.05) is 44.0 Å². The number of nitrogens with one attached hydrogen (secondary N) is 1. The van der Waals surface area contributed by atoms with Gasteiger partial charge in [-0.3, -0.25) is 4.79 Å². The lowest BCUT2D eigenvalue weighted by Gasteiger charge is -2.22. The van der Waals surface area contributed by atoms with Gasteiger partial charge in [0.2, 0.25) is 5.91 Å². The smallest absolute Gasteiger partial charge is 0.239 e. The molecule has 4 nitrogen and oxygen atoms in total. The first-order chi connectivity index (χ1) is 8.43. The van der Waals surface area contributed by atoms with E-state index in [4.69, 9.17) is 5.73 Å². The van der Waals surface area contributed by atoms with Crippen molar-refractivity contribution < 1.29 is 4.79 Å². The largest absolute Gasteiger partial charge is 0.365 e. The molecule has 0 aliphatic rings. The molecule has 0 radical (unpaired) electrons. The molecule has 3 N–H and O–H groups in total. The normalized spacial score (nSPS) is 10.6. The summed E-state index contributed by atoms with van der Waals surface area (Å²) in [6.07, 6.45) is 0. The van der Waals surface area contributed by atoms with Crippen molar-refractivity contribution in [2.75, 3.05) is 18.5 Å². The highest BCUT2D eigenvalue weighted by Crippen LogP contribution is 2.23. The zero-order valence-electron chi connectivity index (χ0n) is 11.0. The fourth-order valence-corrected chi connectivity index (χ4v) is 2.08. The molecule has 0 fully saturated rings. The molecule has 0 aliphatic carbocycles. The van der Waals surface area contributed by atoms with E-state index in [2.05, 4.69) is 21.2 Å². The van der Waals surface area contributed by atoms with E-state index < -0.39 is 0 Å². The summed E-state index contributed by atoms with van der Waals surface area (Å²) in [7, 11) is 1.89. The molecular weight excluding hydrogens is 294 g/mol. The van der Waals surface area contributed by atoms with Crippen LogP contribution in [0.1, 0.15) is 19.4 Å². The molecule has 1 aromatic carbocycles. The second-order valence-electron chi connectivity index (χ2n) is 4.56. The quantitative estimate of drug-likeness (QED) is 0.872. The number of likely N-dealkylation sites (N-methyl/N-ethyl adjacent to an activating group) is 1. The van der Waals surface area contributed by atoms with Crippen LogP contribution in [0.15, 0.2) is 22.7 Å². The second-order valence-corrected chi connectivity index (χ2v) is 5.47. The molecule has 1 amide bonds. The van der Waals surface area contributed by atoms with Gasteiger partial charge in [0.05, 0.1) is 6.54 Å². The molecule has 0 bridgehead atoms. The van der Waals surface area contributed by atoms with Gasteiger partial charge in [-0.25, -0.2) is 0 Å². The number of hydrogen-bond donors (Lipinski definition) is 2. The molecule has 0 aromatic heterocycles. The van der Waals surface area contributed by atoms with Crippen LogP contribution >= 0.6 is 15.9 Å². The van der Waals surface area contributed by atoms with Gasteiger partial charge in [-0.1, -0.05) is 22.0 Å². The molecule has 0 unspecified atom stereocenters. The lowest BCUT2D eigenvalue weighted by atomic mass is 10.1. The van der Waals surface area contributed by atoms with Crippen molar-refractivity contribution in [2.45, 2.75) is 26.4 Å². The number of nitrogens with zero attached hydrogens (tertiary/aromatic N) is 1. The van der Waals surface area contributed by atoms with Gasteiger partial charge in [0.25, 0.3) is 0 Å². The first kappa shape index (κ1) is 15.0. The Kier molecular flexibility index (Phi) is 5.62. The first-order valence-corrected chi connectivity index (χ1v) is 6.72. The Morgan fingerprint density at radius 2 is 2.17 bits per heavy atom. The van der Waals surface area contributed by atoms with E-state index in [1.165, 1.54) is 0 Å². The molecule has 100 valence electrons. The number of carbonyl (C=O) groups excluding carboxylic acids is 1. The van der Waals surface area contributed by atoms with Crippen LogP contribution < -0.4 is 16.0 Å². The standard InChI is InChI=1S/C13H20BrN3O/c1-9(2)16-13(18)8-17(3)12-6-11(14)5-4-10(12)7-15/h4-6,9H,7-8,15H2,1-3H3,(H,16,18). The van der Waals surface area contributed by atoms with Crippen LogP contribution in [0, 0.1) is 0 Å². The van der Waals surface area contributed by atoms with Crippen molar-refractivity contribution >= 4 is 27.5 Å². The Hall–Kier alpha value is -1.07. The van der Waals surface area contributed by atoms with Crippen molar-refractivity contribution in [1.29, 1.82) is 0 Å². The van der Waals surface area contributed by atoms with Crippen LogP contribution in [-0.4, -0.2) is 25.5 Å². The zero-order chi connectivity index (χ0) is 13.7. The van der Waals surface area contributed by atoms with Crippen molar-refractivity contribution in [3.8, 4) is 0 Å². The van der Waals surface area contributed by atoms with Gasteiger partial charge in [0.15, 0.2) is 0 Å². The second kappa shape index (κ2) is 6.75. The lowest BCUT2D eigenvalue weighted by molar-refractivity contribution is -0.120. The summed E-state index contributed by atoms with van der Waals surface area (Å²) in [5.41, 5.74) is 7.71. The van der Waals surface area contributed by atoms with Crippen molar-refractivity contribution in [3.63, 3.8) is 0 Å². The SMILES string of the molecule is CC(C)NC(=O)CN(C)c1cc(Br)ccc1CN. The Morgan fingerprint density at radius 3 is 2.72 bits per heavy atom. The molecule has 5 heteroatoms. The van der Waals surface area contributed by atoms with E-state index in [1.54, 1.807) is 0 Å². The zero-order valence-corrected chi connectivity index (χ0v) is 12.6. The topological polar surface area (TPSA) is 58.4 Å². The third-order valence-corrected chi connectivity index (χ3v) is 3.00. The van der Waals surface area contributed by atoms with E-state index in [9.17, 15) is 4.79 Å². The number of amides is 1. The Bertz CT molecular complexity index is 421. The van der Waals surface area contributed by atoms with Gasteiger partial charge in [-0.15, -0.1) is 0 Å². The highest BCUT2D eigenvalue weighted by molar-refractivity contribution is 9.10. The van der Waals surface area contributed by atoms with E-state index >= 15 is 0 Å². The summed E-state index contributed by atoms with van der Waals surface area (Å²) in [5, 5.41) is 2.87. The molecule has 0 aliphatic heterocycles. The Labute approximate surface area is 117 Å². The third-order valence-electron chi connectivity index (χ3n) is 2.51. The monoisotopic (exact) mass is 313 g/mol. The molecule has 18 heavy (non-hydrogen) atoms. The highest BCUT2D eigenvalue weighted by atomic mass is 79.9. The van der Waals surface area contributed by atoms with E-state index in [0.29, 0.717) is 13.1 Å². The average molecular weight is 314 g/mol. The summed E-state index contributed by atoms with van der Waals surface area (Å²) in [5.74, 6) is 0.00967. The fourth-order valence-electron chi connectivity index (χ4n) is 1.73. The maximum atomic E-state index is 11.7. The fraction of sp³-hybridized carbons (Fsp3) is 0.462. The van der Waals surface area contributed by atoms with Gasteiger partial charge in [-0.2, -0.15) is 0 Å². The first-order valence-electron chi connectivity index (χ1n) is 5.93. The number of rotatable bonds is 5. The van der Waals surface area contributed by atoms with E-state index in [0.717, 1.165) is 15.7 Å². The van der Waals surface area contributed by atoms with Crippen LogP contribution in [0.3, 0.4) is 0 Å². The summed E-state index contributed by atoms with van der Waals surface area (Å²) >= 11 is 3.43. The third kappa shape index (κ3) is 4.31. The molecule has 0 saturated heterocycles. The number of benzene rings is 1. The summed E-state index contributed by atoms with van der Waals surface area (Å²) in [6.45, 7) is 4.67. The number of halogens is 1. The van der Waals surface area contributed by atoms with Gasteiger partial charge in [-0.05, 0) is 31.5 Å².